The summed E-state index contributed by atoms with van der Waals surface area (Å²) in [4.78, 5) is 23.2. The van der Waals surface area contributed by atoms with Crippen molar-refractivity contribution in [1.82, 2.24) is 0 Å². The molecule has 0 aliphatic heterocycles. The largest absolute Gasteiger partial charge is 0.481 e. The highest BCUT2D eigenvalue weighted by Gasteiger charge is 2.14. The summed E-state index contributed by atoms with van der Waals surface area (Å²) in [6.07, 6.45) is 42.3. The fourth-order valence-corrected chi connectivity index (χ4v) is 5.89. The number of hydrogen-bond acceptors (Lipinski definition) is 3. The summed E-state index contributed by atoms with van der Waals surface area (Å²) in [5.41, 5.74) is 0. The molecule has 43 heavy (non-hydrogen) atoms. The maximum absolute atomic E-state index is 12.6. The van der Waals surface area contributed by atoms with Crippen molar-refractivity contribution in [2.24, 2.45) is 0 Å². The van der Waals surface area contributed by atoms with Gasteiger partial charge >= 0.3 is 11.9 Å². The summed E-state index contributed by atoms with van der Waals surface area (Å²) in [7, 11) is 0. The van der Waals surface area contributed by atoms with Crippen LogP contribution in [-0.4, -0.2) is 23.1 Å². The summed E-state index contributed by atoms with van der Waals surface area (Å²) >= 11 is 0. The highest BCUT2D eigenvalue weighted by atomic mass is 16.5. The third kappa shape index (κ3) is 35.0. The van der Waals surface area contributed by atoms with Gasteiger partial charge in [0.1, 0.15) is 6.10 Å². The van der Waals surface area contributed by atoms with Crippen LogP contribution in [0.2, 0.25) is 0 Å². The minimum Gasteiger partial charge on any atom is -0.481 e. The molecule has 4 nitrogen and oxygen atoms in total. The van der Waals surface area contributed by atoms with Crippen LogP contribution in [0.4, 0.5) is 0 Å². The first kappa shape index (κ1) is 41.7. The molecular weight excluding hydrogens is 532 g/mol. The molecule has 1 unspecified atom stereocenters. The number of unbranched alkanes of at least 4 members (excludes halogenated alkanes) is 24. The van der Waals surface area contributed by atoms with E-state index in [1.807, 2.05) is 0 Å². The number of carbonyl (C=O) groups excluding carboxylic acids is 1. The topological polar surface area (TPSA) is 63.6 Å². The molecule has 0 radical (unpaired) electrons. The minimum atomic E-state index is -0.677. The van der Waals surface area contributed by atoms with Crippen LogP contribution in [0.25, 0.3) is 0 Å². The molecule has 0 fully saturated rings. The normalized spacial score (nSPS) is 12.2. The Kier molecular flexibility index (Phi) is 34.1. The van der Waals surface area contributed by atoms with E-state index in [1.165, 1.54) is 141 Å². The van der Waals surface area contributed by atoms with Gasteiger partial charge in [0, 0.05) is 12.8 Å². The zero-order valence-corrected chi connectivity index (χ0v) is 29.0. The first-order chi connectivity index (χ1) is 21.1. The Morgan fingerprint density at radius 3 is 1.28 bits per heavy atom. The van der Waals surface area contributed by atoms with Crippen molar-refractivity contribution in [3.8, 4) is 0 Å². The Labute approximate surface area is 268 Å². The van der Waals surface area contributed by atoms with Gasteiger partial charge in [-0.05, 0) is 64.2 Å². The molecule has 254 valence electrons. The molecule has 0 saturated heterocycles. The molecule has 4 heteroatoms. The lowest BCUT2D eigenvalue weighted by Crippen LogP contribution is -2.18. The molecule has 1 atom stereocenters. The number of aliphatic carboxylic acids is 1. The van der Waals surface area contributed by atoms with Crippen molar-refractivity contribution in [2.45, 2.75) is 225 Å². The molecule has 0 rings (SSSR count). The summed E-state index contributed by atoms with van der Waals surface area (Å²) < 4.78 is 6.02. The maximum Gasteiger partial charge on any atom is 0.306 e. The van der Waals surface area contributed by atoms with Crippen LogP contribution < -0.4 is 0 Å². The second kappa shape index (κ2) is 35.2. The zero-order chi connectivity index (χ0) is 31.5. The molecule has 0 aliphatic rings. The maximum atomic E-state index is 12.6. The van der Waals surface area contributed by atoms with Gasteiger partial charge in [-0.1, -0.05) is 154 Å². The molecule has 1 N–H and O–H groups in total. The van der Waals surface area contributed by atoms with Crippen LogP contribution in [0.15, 0.2) is 12.2 Å². The molecule has 0 aromatic rings. The quantitative estimate of drug-likeness (QED) is 0.0443. The number of carbonyl (C=O) groups is 2. The van der Waals surface area contributed by atoms with Crippen molar-refractivity contribution < 1.29 is 19.4 Å². The van der Waals surface area contributed by atoms with Crippen molar-refractivity contribution in [1.29, 1.82) is 0 Å². The Morgan fingerprint density at radius 1 is 0.488 bits per heavy atom. The predicted octanol–water partition coefficient (Wildman–Crippen LogP) is 13.1. The Morgan fingerprint density at radius 2 is 0.837 bits per heavy atom. The Balaban J connectivity index is 3.99. The van der Waals surface area contributed by atoms with Crippen LogP contribution in [0, 0.1) is 0 Å². The van der Waals surface area contributed by atoms with Crippen molar-refractivity contribution >= 4 is 11.9 Å². The first-order valence-electron chi connectivity index (χ1n) is 19.2. The van der Waals surface area contributed by atoms with Crippen molar-refractivity contribution in [2.75, 3.05) is 0 Å². The average molecular weight is 607 g/mol. The van der Waals surface area contributed by atoms with E-state index in [0.717, 1.165) is 51.4 Å². The fraction of sp³-hybridized carbons (Fsp3) is 0.897. The smallest absolute Gasteiger partial charge is 0.306 e. The van der Waals surface area contributed by atoms with Crippen molar-refractivity contribution in [3.05, 3.63) is 12.2 Å². The fourth-order valence-electron chi connectivity index (χ4n) is 5.89. The predicted molar refractivity (Wildman–Crippen MR) is 186 cm³/mol. The van der Waals surface area contributed by atoms with Gasteiger partial charge in [0.15, 0.2) is 0 Å². The SMILES string of the molecule is CCCCCC/C=C\CCCCCCCCC(=O)OC(CCCCCCCCC)CCCCCCCCCCCC(=O)O. The van der Waals surface area contributed by atoms with E-state index < -0.39 is 5.97 Å². The van der Waals surface area contributed by atoms with Gasteiger partial charge in [-0.2, -0.15) is 0 Å². The average Bonchev–Trinajstić information content (AvgIpc) is 2.99. The van der Waals surface area contributed by atoms with Crippen molar-refractivity contribution in [3.63, 3.8) is 0 Å². The molecule has 0 heterocycles. The van der Waals surface area contributed by atoms with Crippen LogP contribution >= 0.6 is 0 Å². The van der Waals surface area contributed by atoms with Gasteiger partial charge in [-0.25, -0.2) is 0 Å². The van der Waals surface area contributed by atoms with Crippen LogP contribution in [0.1, 0.15) is 219 Å². The minimum absolute atomic E-state index is 0.0277. The number of hydrogen-bond donors (Lipinski definition) is 1. The summed E-state index contributed by atoms with van der Waals surface area (Å²) in [6, 6.07) is 0. The lowest BCUT2D eigenvalue weighted by Gasteiger charge is -2.18. The Hall–Kier alpha value is -1.32. The zero-order valence-electron chi connectivity index (χ0n) is 29.0. The summed E-state index contributed by atoms with van der Waals surface area (Å²) in [5.74, 6) is -0.649. The third-order valence-corrected chi connectivity index (χ3v) is 8.74. The van der Waals surface area contributed by atoms with E-state index >= 15 is 0 Å². The molecule has 0 bridgehead atoms. The van der Waals surface area contributed by atoms with Gasteiger partial charge in [0.05, 0.1) is 0 Å². The number of esters is 1. The molecule has 0 aromatic heterocycles. The van der Waals surface area contributed by atoms with Gasteiger partial charge in [-0.3, -0.25) is 9.59 Å². The van der Waals surface area contributed by atoms with E-state index in [-0.39, 0.29) is 12.1 Å². The van der Waals surface area contributed by atoms with Crippen LogP contribution in [0.5, 0.6) is 0 Å². The van der Waals surface area contributed by atoms with Crippen LogP contribution in [0.3, 0.4) is 0 Å². The van der Waals surface area contributed by atoms with Gasteiger partial charge in [0.25, 0.3) is 0 Å². The number of ether oxygens (including phenoxy) is 1. The van der Waals surface area contributed by atoms with E-state index in [0.29, 0.717) is 12.8 Å². The molecule has 0 aromatic carbocycles. The third-order valence-electron chi connectivity index (χ3n) is 8.74. The molecular formula is C39H74O4. The number of rotatable bonds is 35. The number of allylic oxidation sites excluding steroid dienone is 2. The van der Waals surface area contributed by atoms with Gasteiger partial charge < -0.3 is 9.84 Å². The lowest BCUT2D eigenvalue weighted by atomic mass is 10.0. The standard InChI is InChI=1S/C39H74O4/c1-3-5-7-9-11-12-13-14-15-16-20-24-28-32-36-39(42)43-37(33-29-25-21-10-8-6-4-2)34-30-26-22-18-17-19-23-27-31-35-38(40)41/h12-13,37H,3-11,14-36H2,1-2H3,(H,40,41)/b13-12-. The summed E-state index contributed by atoms with van der Waals surface area (Å²) in [6.45, 7) is 4.53. The second-order valence-corrected chi connectivity index (χ2v) is 13.1. The molecule has 0 spiro atoms. The highest BCUT2D eigenvalue weighted by Crippen LogP contribution is 2.19. The van der Waals surface area contributed by atoms with Gasteiger partial charge in [0.2, 0.25) is 0 Å². The van der Waals surface area contributed by atoms with E-state index in [4.69, 9.17) is 9.84 Å². The monoisotopic (exact) mass is 607 g/mol. The van der Waals surface area contributed by atoms with Crippen LogP contribution in [-0.2, 0) is 14.3 Å². The highest BCUT2D eigenvalue weighted by molar-refractivity contribution is 5.69. The first-order valence-corrected chi connectivity index (χ1v) is 19.2. The molecule has 0 saturated carbocycles. The summed E-state index contributed by atoms with van der Waals surface area (Å²) in [5, 5.41) is 8.71. The second-order valence-electron chi connectivity index (χ2n) is 13.1. The van der Waals surface area contributed by atoms with E-state index in [9.17, 15) is 9.59 Å². The number of carboxylic acid groups (broad SMARTS) is 1. The van der Waals surface area contributed by atoms with E-state index in [1.54, 1.807) is 0 Å². The van der Waals surface area contributed by atoms with E-state index in [2.05, 4.69) is 26.0 Å². The Bertz CT molecular complexity index is 614. The lowest BCUT2D eigenvalue weighted by molar-refractivity contribution is -0.150. The molecule has 0 aliphatic carbocycles. The number of carboxylic acids is 1. The van der Waals surface area contributed by atoms with Gasteiger partial charge in [-0.15, -0.1) is 0 Å². The molecule has 0 amide bonds.